The number of hydrogen-bond acceptors (Lipinski definition) is 2. The van der Waals surface area contributed by atoms with Gasteiger partial charge < -0.3 is 9.40 Å². The molecule has 0 spiro atoms. The van der Waals surface area contributed by atoms with Crippen LogP contribution in [0.3, 0.4) is 0 Å². The molecule has 1 aliphatic carbocycles. The van der Waals surface area contributed by atoms with E-state index in [1.807, 2.05) is 31.3 Å². The van der Waals surface area contributed by atoms with Crippen LogP contribution in [0.2, 0.25) is 0 Å². The number of fused-ring (bicyclic) bond motifs is 5. The van der Waals surface area contributed by atoms with Gasteiger partial charge in [0.15, 0.2) is 5.76 Å². The Labute approximate surface area is 147 Å². The number of rotatable bonds is 3. The van der Waals surface area contributed by atoms with Crippen LogP contribution >= 0.6 is 0 Å². The number of allylic oxidation sites excluding steroid dienone is 3. The predicted octanol–water partition coefficient (Wildman–Crippen LogP) is 5.92. The molecule has 1 aliphatic rings. The van der Waals surface area contributed by atoms with E-state index in [0.29, 0.717) is 0 Å². The zero-order valence-electron chi connectivity index (χ0n) is 14.5. The molecule has 0 saturated heterocycles. The molecule has 3 nitrogen and oxygen atoms in total. The molecule has 2 heterocycles. The first kappa shape index (κ1) is 15.5. The zero-order chi connectivity index (χ0) is 17.4. The van der Waals surface area contributed by atoms with Gasteiger partial charge in [-0.2, -0.15) is 0 Å². The van der Waals surface area contributed by atoms with Gasteiger partial charge in [-0.3, -0.25) is 4.99 Å². The summed E-state index contributed by atoms with van der Waals surface area (Å²) >= 11 is 0. The van der Waals surface area contributed by atoms with Crippen LogP contribution in [0.15, 0.2) is 58.6 Å². The number of furan rings is 1. The van der Waals surface area contributed by atoms with Gasteiger partial charge in [-0.15, -0.1) is 0 Å². The average Bonchev–Trinajstić information content (AvgIpc) is 3.15. The van der Waals surface area contributed by atoms with Crippen molar-refractivity contribution in [3.05, 3.63) is 71.6 Å². The average molecular weight is 328 g/mol. The van der Waals surface area contributed by atoms with Crippen molar-refractivity contribution in [3.63, 3.8) is 0 Å². The Morgan fingerprint density at radius 2 is 2.12 bits per heavy atom. The highest BCUT2D eigenvalue weighted by atomic mass is 16.3. The van der Waals surface area contributed by atoms with E-state index >= 15 is 0 Å². The van der Waals surface area contributed by atoms with E-state index in [9.17, 15) is 0 Å². The molecule has 3 heteroatoms. The van der Waals surface area contributed by atoms with Gasteiger partial charge in [-0.1, -0.05) is 36.9 Å². The van der Waals surface area contributed by atoms with Crippen molar-refractivity contribution in [1.29, 1.82) is 0 Å². The predicted molar refractivity (Wildman–Crippen MR) is 106 cm³/mol. The van der Waals surface area contributed by atoms with Crippen LogP contribution in [-0.2, 0) is 6.42 Å². The molecule has 0 atom stereocenters. The highest BCUT2D eigenvalue weighted by molar-refractivity contribution is 6.01. The summed E-state index contributed by atoms with van der Waals surface area (Å²) in [7, 11) is 0. The van der Waals surface area contributed by atoms with Crippen LogP contribution < -0.4 is 0 Å². The topological polar surface area (TPSA) is 41.3 Å². The molecule has 25 heavy (non-hydrogen) atoms. The van der Waals surface area contributed by atoms with Crippen molar-refractivity contribution in [1.82, 2.24) is 4.98 Å². The van der Waals surface area contributed by atoms with E-state index in [1.54, 1.807) is 12.3 Å². The lowest BCUT2D eigenvalue weighted by atomic mass is 9.88. The van der Waals surface area contributed by atoms with Crippen LogP contribution in [0.1, 0.15) is 29.3 Å². The largest absolute Gasteiger partial charge is 0.454 e. The van der Waals surface area contributed by atoms with Crippen LogP contribution in [-0.4, -0.2) is 11.2 Å². The number of nitrogens with zero attached hydrogens (tertiary/aromatic N) is 1. The van der Waals surface area contributed by atoms with E-state index < -0.39 is 0 Å². The summed E-state index contributed by atoms with van der Waals surface area (Å²) in [6.45, 7) is 7.88. The van der Waals surface area contributed by atoms with E-state index in [4.69, 9.17) is 4.42 Å². The normalized spacial score (nSPS) is 15.4. The fourth-order valence-corrected chi connectivity index (χ4v) is 3.53. The molecule has 124 valence electrons. The lowest BCUT2D eigenvalue weighted by molar-refractivity contribution is 0.626. The monoisotopic (exact) mass is 328 g/mol. The molecular weight excluding hydrogens is 308 g/mol. The second kappa shape index (κ2) is 6.10. The highest BCUT2D eigenvalue weighted by Crippen LogP contribution is 2.46. The summed E-state index contributed by atoms with van der Waals surface area (Å²) in [6, 6.07) is 8.17. The van der Waals surface area contributed by atoms with Crippen molar-refractivity contribution in [2.45, 2.75) is 20.3 Å². The Hall–Kier alpha value is -3.07. The first-order valence-electron chi connectivity index (χ1n) is 8.44. The first-order valence-corrected chi connectivity index (χ1v) is 8.44. The minimum Gasteiger partial charge on any atom is -0.454 e. The molecule has 1 aromatic carbocycles. The molecule has 0 amide bonds. The SMILES string of the molecule is C=C/C=N\C=C1/Cc2c([nH]c(/C=C\C)c2C)-c2oc3ccccc3c21. The van der Waals surface area contributed by atoms with E-state index in [2.05, 4.69) is 41.7 Å². The summed E-state index contributed by atoms with van der Waals surface area (Å²) in [4.78, 5) is 7.92. The van der Waals surface area contributed by atoms with Crippen LogP contribution in [0, 0.1) is 6.92 Å². The Balaban J connectivity index is 2.02. The number of H-pyrrole nitrogens is 1. The Morgan fingerprint density at radius 1 is 1.28 bits per heavy atom. The highest BCUT2D eigenvalue weighted by Gasteiger charge is 2.29. The molecular formula is C22H20N2O. The van der Waals surface area contributed by atoms with Gasteiger partial charge in [-0.05, 0) is 42.7 Å². The van der Waals surface area contributed by atoms with Crippen LogP contribution in [0.25, 0.3) is 34.1 Å². The number of benzene rings is 1. The van der Waals surface area contributed by atoms with Crippen LogP contribution in [0.5, 0.6) is 0 Å². The molecule has 4 rings (SSSR count). The minimum absolute atomic E-state index is 0.834. The number of nitrogens with one attached hydrogen (secondary N) is 1. The van der Waals surface area contributed by atoms with Gasteiger partial charge in [0.05, 0.1) is 5.69 Å². The molecule has 0 radical (unpaired) electrons. The van der Waals surface area contributed by atoms with Gasteiger partial charge in [0.1, 0.15) is 5.58 Å². The summed E-state index contributed by atoms with van der Waals surface area (Å²) in [5.74, 6) is 0.904. The Bertz CT molecular complexity index is 1060. The van der Waals surface area contributed by atoms with Crippen molar-refractivity contribution in [2.24, 2.45) is 4.99 Å². The summed E-state index contributed by atoms with van der Waals surface area (Å²) in [5.41, 5.74) is 7.96. The fraction of sp³-hybridized carbons (Fsp3) is 0.136. The molecule has 0 aliphatic heterocycles. The van der Waals surface area contributed by atoms with Gasteiger partial charge >= 0.3 is 0 Å². The molecule has 0 bridgehead atoms. The maximum Gasteiger partial charge on any atom is 0.159 e. The minimum atomic E-state index is 0.834. The van der Waals surface area contributed by atoms with Gasteiger partial charge in [0, 0.05) is 35.5 Å². The van der Waals surface area contributed by atoms with E-state index in [1.165, 1.54) is 16.7 Å². The number of para-hydroxylation sites is 1. The first-order chi connectivity index (χ1) is 12.2. The van der Waals surface area contributed by atoms with Crippen LogP contribution in [0.4, 0.5) is 0 Å². The van der Waals surface area contributed by atoms with Crippen molar-refractivity contribution < 1.29 is 4.42 Å². The second-order valence-electron chi connectivity index (χ2n) is 6.18. The lowest BCUT2D eigenvalue weighted by Gasteiger charge is -2.15. The number of aromatic amines is 1. The Morgan fingerprint density at radius 3 is 2.92 bits per heavy atom. The fourth-order valence-electron chi connectivity index (χ4n) is 3.53. The lowest BCUT2D eigenvalue weighted by Crippen LogP contribution is -2.01. The van der Waals surface area contributed by atoms with E-state index in [0.717, 1.165) is 40.1 Å². The molecule has 0 fully saturated rings. The molecule has 2 aromatic heterocycles. The standard InChI is InChI=1S/C22H20N2O/c1-4-8-18-14(3)17-12-15(13-23-11-5-2)20-16-9-6-7-10-19(16)25-22(20)21(17)24-18/h4-11,13,24H,2,12H2,1,3H3/b8-4-,15-13+,23-11-. The quantitative estimate of drug-likeness (QED) is 0.595. The third-order valence-corrected chi connectivity index (χ3v) is 4.68. The summed E-state index contributed by atoms with van der Waals surface area (Å²) < 4.78 is 6.23. The third kappa shape index (κ3) is 2.40. The van der Waals surface area contributed by atoms with E-state index in [-0.39, 0.29) is 0 Å². The zero-order valence-corrected chi connectivity index (χ0v) is 14.5. The van der Waals surface area contributed by atoms with Gasteiger partial charge in [0.2, 0.25) is 0 Å². The second-order valence-corrected chi connectivity index (χ2v) is 6.18. The summed E-state index contributed by atoms with van der Waals surface area (Å²) in [6.07, 6.45) is 10.3. The van der Waals surface area contributed by atoms with Crippen molar-refractivity contribution in [3.8, 4) is 11.5 Å². The van der Waals surface area contributed by atoms with Gasteiger partial charge in [-0.25, -0.2) is 0 Å². The molecule has 3 aromatic rings. The van der Waals surface area contributed by atoms with Crippen molar-refractivity contribution >= 4 is 28.8 Å². The molecule has 0 saturated carbocycles. The number of aromatic nitrogens is 1. The smallest absolute Gasteiger partial charge is 0.159 e. The maximum atomic E-state index is 6.23. The Kier molecular flexibility index (Phi) is 3.77. The number of hydrogen-bond donors (Lipinski definition) is 1. The van der Waals surface area contributed by atoms with Gasteiger partial charge in [0.25, 0.3) is 0 Å². The molecule has 1 N–H and O–H groups in total. The molecule has 0 unspecified atom stereocenters. The maximum absolute atomic E-state index is 6.23. The third-order valence-electron chi connectivity index (χ3n) is 4.68. The summed E-state index contributed by atoms with van der Waals surface area (Å²) in [5, 5.41) is 1.13. The van der Waals surface area contributed by atoms with Crippen molar-refractivity contribution in [2.75, 3.05) is 0 Å². The number of aliphatic imine (C=N–C) groups is 1.